The maximum atomic E-state index is 4.91. The van der Waals surface area contributed by atoms with Gasteiger partial charge in [0.1, 0.15) is 0 Å². The van der Waals surface area contributed by atoms with Gasteiger partial charge in [0.05, 0.1) is 22.1 Å². The average molecular weight is 330 g/mol. The Morgan fingerprint density at radius 3 is 1.92 bits per heavy atom. The Labute approximate surface area is 149 Å². The maximum absolute atomic E-state index is 4.91. The fraction of sp³-hybridized carbons (Fsp3) is 0. The molecule has 0 spiro atoms. The maximum Gasteiger partial charge on any atom is 0.0973 e. The molecule has 2 nitrogen and oxygen atoms in total. The van der Waals surface area contributed by atoms with E-state index in [0.717, 1.165) is 27.5 Å². The van der Waals surface area contributed by atoms with Crippen LogP contribution in [0.25, 0.3) is 54.4 Å². The number of hydrogen-bond acceptors (Lipinski definition) is 2. The molecule has 0 saturated heterocycles. The fourth-order valence-electron chi connectivity index (χ4n) is 3.99. The molecule has 0 aliphatic heterocycles. The van der Waals surface area contributed by atoms with Gasteiger partial charge in [0.2, 0.25) is 0 Å². The van der Waals surface area contributed by atoms with Crippen LogP contribution in [0.2, 0.25) is 0 Å². The number of rotatable bonds is 0. The predicted molar refractivity (Wildman–Crippen MR) is 110 cm³/mol. The summed E-state index contributed by atoms with van der Waals surface area (Å²) in [6, 6.07) is 29.7. The molecule has 0 radical (unpaired) electrons. The van der Waals surface area contributed by atoms with Crippen molar-refractivity contribution in [2.75, 3.05) is 0 Å². The Hall–Kier alpha value is -3.52. The van der Waals surface area contributed by atoms with E-state index in [1.807, 2.05) is 24.3 Å². The Kier molecular flexibility index (Phi) is 2.64. The van der Waals surface area contributed by atoms with E-state index in [1.165, 1.54) is 26.9 Å². The topological polar surface area (TPSA) is 25.8 Å². The highest BCUT2D eigenvalue weighted by Crippen LogP contribution is 2.34. The van der Waals surface area contributed by atoms with Gasteiger partial charge in [0.25, 0.3) is 0 Å². The lowest BCUT2D eigenvalue weighted by molar-refractivity contribution is 1.41. The molecule has 0 aliphatic carbocycles. The molecule has 6 rings (SSSR count). The van der Waals surface area contributed by atoms with Crippen LogP contribution in [0.5, 0.6) is 0 Å². The number of nitrogens with zero attached hydrogens (tertiary/aromatic N) is 2. The van der Waals surface area contributed by atoms with Gasteiger partial charge in [0, 0.05) is 5.39 Å². The minimum Gasteiger partial charge on any atom is -0.244 e. The summed E-state index contributed by atoms with van der Waals surface area (Å²) in [5, 5.41) is 7.48. The van der Waals surface area contributed by atoms with Gasteiger partial charge in [-0.15, -0.1) is 0 Å². The first-order chi connectivity index (χ1) is 12.9. The third-order valence-electron chi connectivity index (χ3n) is 5.23. The van der Waals surface area contributed by atoms with Gasteiger partial charge in [-0.05, 0) is 45.1 Å². The van der Waals surface area contributed by atoms with Gasteiger partial charge in [0.15, 0.2) is 0 Å². The van der Waals surface area contributed by atoms with Gasteiger partial charge < -0.3 is 0 Å². The minimum atomic E-state index is 0.936. The van der Waals surface area contributed by atoms with Crippen molar-refractivity contribution >= 4 is 54.4 Å². The zero-order valence-corrected chi connectivity index (χ0v) is 14.0. The zero-order chi connectivity index (χ0) is 17.1. The lowest BCUT2D eigenvalue weighted by Crippen LogP contribution is -1.89. The summed E-state index contributed by atoms with van der Waals surface area (Å²) in [6.07, 6.45) is 0. The van der Waals surface area contributed by atoms with E-state index in [-0.39, 0.29) is 0 Å². The average Bonchev–Trinajstić information content (AvgIpc) is 2.71. The second kappa shape index (κ2) is 4.99. The molecule has 0 unspecified atom stereocenters. The van der Waals surface area contributed by atoms with E-state index in [4.69, 9.17) is 9.97 Å². The lowest BCUT2D eigenvalue weighted by Gasteiger charge is -2.09. The molecule has 0 atom stereocenters. The Morgan fingerprint density at radius 1 is 0.385 bits per heavy atom. The van der Waals surface area contributed by atoms with E-state index in [9.17, 15) is 0 Å². The Balaban J connectivity index is 1.81. The van der Waals surface area contributed by atoms with Crippen LogP contribution < -0.4 is 0 Å². The molecule has 0 aliphatic rings. The quantitative estimate of drug-likeness (QED) is 0.243. The summed E-state index contributed by atoms with van der Waals surface area (Å²) >= 11 is 0. The highest BCUT2D eigenvalue weighted by molar-refractivity contribution is 6.21. The van der Waals surface area contributed by atoms with Gasteiger partial charge in [-0.25, -0.2) is 9.97 Å². The SMILES string of the molecule is c1ccc2c(c1)ccc1c2ccc2c1ccc1nc3ccccc3nc12. The first-order valence-electron chi connectivity index (χ1n) is 8.78. The number of aromatic nitrogens is 2. The summed E-state index contributed by atoms with van der Waals surface area (Å²) in [4.78, 5) is 9.71. The molecular formula is C24H14N2. The zero-order valence-electron chi connectivity index (χ0n) is 14.0. The highest BCUT2D eigenvalue weighted by Gasteiger charge is 2.09. The molecule has 0 bridgehead atoms. The van der Waals surface area contributed by atoms with Crippen LogP contribution in [-0.4, -0.2) is 9.97 Å². The third-order valence-corrected chi connectivity index (χ3v) is 5.23. The van der Waals surface area contributed by atoms with E-state index in [0.29, 0.717) is 0 Å². The van der Waals surface area contributed by atoms with Crippen molar-refractivity contribution in [1.82, 2.24) is 9.97 Å². The van der Waals surface area contributed by atoms with E-state index in [1.54, 1.807) is 0 Å². The van der Waals surface area contributed by atoms with Crippen molar-refractivity contribution in [2.45, 2.75) is 0 Å². The van der Waals surface area contributed by atoms with Gasteiger partial charge in [-0.1, -0.05) is 66.7 Å². The van der Waals surface area contributed by atoms with Gasteiger partial charge >= 0.3 is 0 Å². The van der Waals surface area contributed by atoms with Crippen LogP contribution >= 0.6 is 0 Å². The van der Waals surface area contributed by atoms with Crippen LogP contribution in [0.15, 0.2) is 84.9 Å². The second-order valence-corrected chi connectivity index (χ2v) is 6.69. The fourth-order valence-corrected chi connectivity index (χ4v) is 3.99. The third kappa shape index (κ3) is 1.81. The van der Waals surface area contributed by atoms with Gasteiger partial charge in [-0.2, -0.15) is 0 Å². The van der Waals surface area contributed by atoms with Crippen LogP contribution in [0, 0.1) is 0 Å². The van der Waals surface area contributed by atoms with Crippen molar-refractivity contribution in [3.05, 3.63) is 84.9 Å². The van der Waals surface area contributed by atoms with Crippen LogP contribution in [0.4, 0.5) is 0 Å². The molecule has 0 fully saturated rings. The largest absolute Gasteiger partial charge is 0.244 e. The standard InChI is InChI=1S/C24H14N2/c1-2-6-16-15(5-1)9-10-18-17(16)11-12-20-19(18)13-14-23-24(20)26-22-8-4-3-7-21(22)25-23/h1-14H. The molecule has 6 aromatic rings. The molecule has 1 heterocycles. The van der Waals surface area contributed by atoms with Gasteiger partial charge in [-0.3, -0.25) is 0 Å². The molecule has 120 valence electrons. The number of hydrogen-bond donors (Lipinski definition) is 0. The first kappa shape index (κ1) is 13.7. The summed E-state index contributed by atoms with van der Waals surface area (Å²) in [7, 11) is 0. The molecule has 2 heteroatoms. The minimum absolute atomic E-state index is 0.936. The Bertz CT molecular complexity index is 1470. The van der Waals surface area contributed by atoms with Crippen molar-refractivity contribution in [2.24, 2.45) is 0 Å². The van der Waals surface area contributed by atoms with Crippen LogP contribution in [0.1, 0.15) is 0 Å². The molecule has 26 heavy (non-hydrogen) atoms. The van der Waals surface area contributed by atoms with Crippen LogP contribution in [0.3, 0.4) is 0 Å². The molecule has 0 amide bonds. The summed E-state index contributed by atoms with van der Waals surface area (Å²) in [5.74, 6) is 0. The van der Waals surface area contributed by atoms with Crippen LogP contribution in [-0.2, 0) is 0 Å². The van der Waals surface area contributed by atoms with Crippen molar-refractivity contribution in [1.29, 1.82) is 0 Å². The van der Waals surface area contributed by atoms with Crippen molar-refractivity contribution in [3.63, 3.8) is 0 Å². The molecule has 0 saturated carbocycles. The van der Waals surface area contributed by atoms with E-state index in [2.05, 4.69) is 60.7 Å². The lowest BCUT2D eigenvalue weighted by atomic mass is 9.96. The number of benzene rings is 5. The monoisotopic (exact) mass is 330 g/mol. The summed E-state index contributed by atoms with van der Waals surface area (Å²) < 4.78 is 0. The second-order valence-electron chi connectivity index (χ2n) is 6.69. The smallest absolute Gasteiger partial charge is 0.0973 e. The molecular weight excluding hydrogens is 316 g/mol. The summed E-state index contributed by atoms with van der Waals surface area (Å²) in [5.41, 5.74) is 3.78. The Morgan fingerprint density at radius 2 is 1.00 bits per heavy atom. The van der Waals surface area contributed by atoms with E-state index >= 15 is 0 Å². The van der Waals surface area contributed by atoms with Crippen molar-refractivity contribution in [3.8, 4) is 0 Å². The first-order valence-corrected chi connectivity index (χ1v) is 8.78. The number of para-hydroxylation sites is 2. The molecule has 0 N–H and O–H groups in total. The predicted octanol–water partition coefficient (Wildman–Crippen LogP) is 6.24. The molecule has 5 aromatic carbocycles. The molecule has 1 aromatic heterocycles. The van der Waals surface area contributed by atoms with Crippen molar-refractivity contribution < 1.29 is 0 Å². The van der Waals surface area contributed by atoms with E-state index < -0.39 is 0 Å². The highest BCUT2D eigenvalue weighted by atomic mass is 14.8. The number of fused-ring (bicyclic) bond motifs is 8. The summed E-state index contributed by atoms with van der Waals surface area (Å²) in [6.45, 7) is 0. The normalized spacial score (nSPS) is 11.8.